The molecular formula is C15H21FO. The SMILES string of the molecule is CC(C)CCC1(c2ccc(F)cc2)CCOC1. The molecule has 0 radical (unpaired) electrons. The number of benzene rings is 1. The average molecular weight is 236 g/mol. The van der Waals surface area contributed by atoms with Crippen molar-refractivity contribution in [2.45, 2.75) is 38.5 Å². The smallest absolute Gasteiger partial charge is 0.123 e. The molecule has 0 bridgehead atoms. The van der Waals surface area contributed by atoms with Gasteiger partial charge in [-0.3, -0.25) is 0 Å². The number of halogens is 1. The van der Waals surface area contributed by atoms with E-state index in [9.17, 15) is 4.39 Å². The average Bonchev–Trinajstić information content (AvgIpc) is 2.77. The van der Waals surface area contributed by atoms with Gasteiger partial charge in [-0.15, -0.1) is 0 Å². The van der Waals surface area contributed by atoms with E-state index in [1.165, 1.54) is 12.0 Å². The van der Waals surface area contributed by atoms with Gasteiger partial charge >= 0.3 is 0 Å². The van der Waals surface area contributed by atoms with Crippen molar-refractivity contribution in [3.8, 4) is 0 Å². The molecule has 1 aliphatic heterocycles. The molecule has 1 aliphatic rings. The molecule has 0 spiro atoms. The Morgan fingerprint density at radius 3 is 2.53 bits per heavy atom. The van der Waals surface area contributed by atoms with Crippen LogP contribution in [0.1, 0.15) is 38.7 Å². The van der Waals surface area contributed by atoms with Gasteiger partial charge in [-0.05, 0) is 36.5 Å². The Morgan fingerprint density at radius 1 is 1.29 bits per heavy atom. The predicted molar refractivity (Wildman–Crippen MR) is 67.6 cm³/mol. The highest BCUT2D eigenvalue weighted by molar-refractivity contribution is 5.27. The first-order valence-electron chi connectivity index (χ1n) is 6.46. The first-order valence-corrected chi connectivity index (χ1v) is 6.46. The Hall–Kier alpha value is -0.890. The van der Waals surface area contributed by atoms with Crippen LogP contribution in [0.4, 0.5) is 4.39 Å². The summed E-state index contributed by atoms with van der Waals surface area (Å²) in [6.07, 6.45) is 3.39. The maximum Gasteiger partial charge on any atom is 0.123 e. The van der Waals surface area contributed by atoms with Gasteiger partial charge in [0.1, 0.15) is 5.82 Å². The van der Waals surface area contributed by atoms with E-state index in [0.717, 1.165) is 26.1 Å². The molecule has 0 amide bonds. The van der Waals surface area contributed by atoms with E-state index in [1.54, 1.807) is 12.1 Å². The molecule has 2 heteroatoms. The van der Waals surface area contributed by atoms with Gasteiger partial charge < -0.3 is 4.74 Å². The van der Waals surface area contributed by atoms with E-state index in [0.29, 0.717) is 5.92 Å². The zero-order chi connectivity index (χ0) is 12.3. The van der Waals surface area contributed by atoms with Crippen LogP contribution < -0.4 is 0 Å². The second-order valence-corrected chi connectivity index (χ2v) is 5.52. The van der Waals surface area contributed by atoms with Crippen molar-refractivity contribution in [1.29, 1.82) is 0 Å². The van der Waals surface area contributed by atoms with Gasteiger partial charge in [-0.1, -0.05) is 32.4 Å². The first-order chi connectivity index (χ1) is 8.12. The molecule has 0 saturated carbocycles. The Kier molecular flexibility index (Phi) is 3.82. The van der Waals surface area contributed by atoms with Crippen LogP contribution in [0.3, 0.4) is 0 Å². The quantitative estimate of drug-likeness (QED) is 0.770. The summed E-state index contributed by atoms with van der Waals surface area (Å²) in [4.78, 5) is 0. The zero-order valence-corrected chi connectivity index (χ0v) is 10.7. The minimum atomic E-state index is -0.160. The van der Waals surface area contributed by atoms with Crippen LogP contribution in [-0.2, 0) is 10.2 Å². The van der Waals surface area contributed by atoms with Crippen molar-refractivity contribution in [2.75, 3.05) is 13.2 Å². The lowest BCUT2D eigenvalue weighted by Crippen LogP contribution is -2.27. The van der Waals surface area contributed by atoms with Crippen LogP contribution >= 0.6 is 0 Å². The van der Waals surface area contributed by atoms with Crippen molar-refractivity contribution in [3.05, 3.63) is 35.6 Å². The summed E-state index contributed by atoms with van der Waals surface area (Å²) in [6.45, 7) is 6.10. The maximum absolute atomic E-state index is 13.0. The fourth-order valence-electron chi connectivity index (χ4n) is 2.54. The highest BCUT2D eigenvalue weighted by atomic mass is 19.1. The lowest BCUT2D eigenvalue weighted by Gasteiger charge is -2.29. The van der Waals surface area contributed by atoms with Crippen molar-refractivity contribution < 1.29 is 9.13 Å². The van der Waals surface area contributed by atoms with Crippen molar-refractivity contribution in [1.82, 2.24) is 0 Å². The third-order valence-corrected chi connectivity index (χ3v) is 3.76. The lowest BCUT2D eigenvalue weighted by atomic mass is 9.75. The normalized spacial score (nSPS) is 24.5. The fourth-order valence-corrected chi connectivity index (χ4v) is 2.54. The van der Waals surface area contributed by atoms with E-state index in [1.807, 2.05) is 12.1 Å². The monoisotopic (exact) mass is 236 g/mol. The van der Waals surface area contributed by atoms with E-state index >= 15 is 0 Å². The van der Waals surface area contributed by atoms with Crippen LogP contribution in [0, 0.1) is 11.7 Å². The minimum absolute atomic E-state index is 0.123. The van der Waals surface area contributed by atoms with Gasteiger partial charge in [-0.2, -0.15) is 0 Å². The van der Waals surface area contributed by atoms with Crippen LogP contribution in [0.5, 0.6) is 0 Å². The molecule has 94 valence electrons. The summed E-state index contributed by atoms with van der Waals surface area (Å²) < 4.78 is 18.6. The molecule has 17 heavy (non-hydrogen) atoms. The van der Waals surface area contributed by atoms with Crippen LogP contribution in [0.25, 0.3) is 0 Å². The van der Waals surface area contributed by atoms with E-state index in [4.69, 9.17) is 4.74 Å². The summed E-state index contributed by atoms with van der Waals surface area (Å²) in [5.41, 5.74) is 1.36. The van der Waals surface area contributed by atoms with Gasteiger partial charge in [0.2, 0.25) is 0 Å². The Balaban J connectivity index is 2.18. The standard InChI is InChI=1S/C15H21FO/c1-12(2)7-8-15(9-10-17-11-15)13-3-5-14(16)6-4-13/h3-6,12H,7-11H2,1-2H3. The maximum atomic E-state index is 13.0. The summed E-state index contributed by atoms with van der Waals surface area (Å²) in [7, 11) is 0. The van der Waals surface area contributed by atoms with Crippen LogP contribution in [-0.4, -0.2) is 13.2 Å². The number of hydrogen-bond acceptors (Lipinski definition) is 1. The Labute approximate surface area is 103 Å². The molecule has 1 fully saturated rings. The van der Waals surface area contributed by atoms with Crippen molar-refractivity contribution >= 4 is 0 Å². The van der Waals surface area contributed by atoms with Crippen LogP contribution in [0.2, 0.25) is 0 Å². The highest BCUT2D eigenvalue weighted by Crippen LogP contribution is 2.38. The third-order valence-electron chi connectivity index (χ3n) is 3.76. The molecule has 0 N–H and O–H groups in total. The Bertz CT molecular complexity index is 350. The summed E-state index contributed by atoms with van der Waals surface area (Å²) in [5, 5.41) is 0. The fraction of sp³-hybridized carbons (Fsp3) is 0.600. The van der Waals surface area contributed by atoms with E-state index in [-0.39, 0.29) is 11.2 Å². The first kappa shape index (κ1) is 12.6. The summed E-state index contributed by atoms with van der Waals surface area (Å²) in [5.74, 6) is 0.541. The highest BCUT2D eigenvalue weighted by Gasteiger charge is 2.36. The molecule has 1 saturated heterocycles. The number of hydrogen-bond donors (Lipinski definition) is 0. The molecule has 2 rings (SSSR count). The summed E-state index contributed by atoms with van der Waals surface area (Å²) in [6, 6.07) is 6.96. The lowest BCUT2D eigenvalue weighted by molar-refractivity contribution is 0.172. The minimum Gasteiger partial charge on any atom is -0.380 e. The van der Waals surface area contributed by atoms with Crippen molar-refractivity contribution in [3.63, 3.8) is 0 Å². The van der Waals surface area contributed by atoms with Gasteiger partial charge in [-0.25, -0.2) is 4.39 Å². The Morgan fingerprint density at radius 2 is 2.00 bits per heavy atom. The number of ether oxygens (including phenoxy) is 1. The van der Waals surface area contributed by atoms with E-state index in [2.05, 4.69) is 13.8 Å². The van der Waals surface area contributed by atoms with Gasteiger partial charge in [0, 0.05) is 12.0 Å². The molecule has 1 aromatic carbocycles. The molecular weight excluding hydrogens is 215 g/mol. The van der Waals surface area contributed by atoms with Gasteiger partial charge in [0.05, 0.1) is 6.61 Å². The molecule has 1 unspecified atom stereocenters. The third kappa shape index (κ3) is 2.86. The van der Waals surface area contributed by atoms with Gasteiger partial charge in [0.25, 0.3) is 0 Å². The molecule has 1 nitrogen and oxygen atoms in total. The summed E-state index contributed by atoms with van der Waals surface area (Å²) >= 11 is 0. The molecule has 1 aromatic rings. The second kappa shape index (κ2) is 5.18. The molecule has 0 aromatic heterocycles. The topological polar surface area (TPSA) is 9.23 Å². The van der Waals surface area contributed by atoms with Crippen molar-refractivity contribution in [2.24, 2.45) is 5.92 Å². The predicted octanol–water partition coefficient (Wildman–Crippen LogP) is 3.92. The zero-order valence-electron chi connectivity index (χ0n) is 10.7. The van der Waals surface area contributed by atoms with Gasteiger partial charge in [0.15, 0.2) is 0 Å². The second-order valence-electron chi connectivity index (χ2n) is 5.52. The van der Waals surface area contributed by atoms with Crippen LogP contribution in [0.15, 0.2) is 24.3 Å². The molecule has 1 heterocycles. The largest absolute Gasteiger partial charge is 0.380 e. The number of rotatable bonds is 4. The molecule has 0 aliphatic carbocycles. The van der Waals surface area contributed by atoms with E-state index < -0.39 is 0 Å². The molecule has 1 atom stereocenters.